The number of aromatic nitrogens is 1. The molecule has 0 bridgehead atoms. The lowest BCUT2D eigenvalue weighted by atomic mass is 9.99. The zero-order valence-corrected chi connectivity index (χ0v) is 10.9. The minimum absolute atomic E-state index is 0.445. The Morgan fingerprint density at radius 3 is 2.59 bits per heavy atom. The van der Waals surface area contributed by atoms with Crippen molar-refractivity contribution in [3.05, 3.63) is 46.6 Å². The molecule has 17 heavy (non-hydrogen) atoms. The number of ether oxygens (including phenoxy) is 1. The van der Waals surface area contributed by atoms with E-state index in [1.54, 1.807) is 7.11 Å². The van der Waals surface area contributed by atoms with Crippen LogP contribution in [0.5, 0.6) is 5.88 Å². The van der Waals surface area contributed by atoms with Crippen molar-refractivity contribution in [2.75, 3.05) is 7.11 Å². The number of aryl methyl sites for hydroxylation is 2. The molecule has 2 nitrogen and oxygen atoms in total. The Balaban J connectivity index is 2.59. The highest BCUT2D eigenvalue weighted by molar-refractivity contribution is 6.29. The van der Waals surface area contributed by atoms with E-state index in [2.05, 4.69) is 37.0 Å². The zero-order chi connectivity index (χ0) is 12.4. The van der Waals surface area contributed by atoms with Crippen molar-refractivity contribution in [3.63, 3.8) is 0 Å². The van der Waals surface area contributed by atoms with Gasteiger partial charge in [0.15, 0.2) is 0 Å². The highest BCUT2D eigenvalue weighted by Gasteiger charge is 2.06. The topological polar surface area (TPSA) is 22.1 Å². The van der Waals surface area contributed by atoms with Crippen LogP contribution < -0.4 is 4.74 Å². The zero-order valence-electron chi connectivity index (χ0n) is 10.1. The predicted octanol–water partition coefficient (Wildman–Crippen LogP) is 4.03. The molecule has 2 rings (SSSR count). The molecule has 0 amide bonds. The third-order valence-electron chi connectivity index (χ3n) is 2.68. The third-order valence-corrected chi connectivity index (χ3v) is 2.88. The predicted molar refractivity (Wildman–Crippen MR) is 70.7 cm³/mol. The molecule has 0 aliphatic heterocycles. The van der Waals surface area contributed by atoms with Gasteiger partial charge in [0.05, 0.1) is 7.11 Å². The van der Waals surface area contributed by atoms with Crippen molar-refractivity contribution in [2.45, 2.75) is 13.8 Å². The van der Waals surface area contributed by atoms with Crippen LogP contribution in [-0.4, -0.2) is 12.1 Å². The first-order valence-corrected chi connectivity index (χ1v) is 5.77. The molecule has 0 aliphatic carbocycles. The van der Waals surface area contributed by atoms with Crippen molar-refractivity contribution >= 4 is 11.6 Å². The van der Waals surface area contributed by atoms with Crippen LogP contribution in [0.15, 0.2) is 30.3 Å². The van der Waals surface area contributed by atoms with Gasteiger partial charge in [-0.15, -0.1) is 0 Å². The number of halogens is 1. The lowest BCUT2D eigenvalue weighted by Gasteiger charge is -2.09. The SMILES string of the molecule is COc1cc(-c2cc(C)ccc2C)cc(Cl)n1. The fraction of sp³-hybridized carbons (Fsp3) is 0.214. The minimum Gasteiger partial charge on any atom is -0.481 e. The van der Waals surface area contributed by atoms with Crippen LogP contribution in [0.25, 0.3) is 11.1 Å². The maximum Gasteiger partial charge on any atom is 0.214 e. The van der Waals surface area contributed by atoms with Gasteiger partial charge in [-0.05, 0) is 36.6 Å². The molecule has 0 atom stereocenters. The summed E-state index contributed by atoms with van der Waals surface area (Å²) in [6.07, 6.45) is 0. The van der Waals surface area contributed by atoms with Crippen molar-refractivity contribution in [1.82, 2.24) is 4.98 Å². The van der Waals surface area contributed by atoms with Gasteiger partial charge in [0.2, 0.25) is 5.88 Å². The summed E-state index contributed by atoms with van der Waals surface area (Å²) in [5, 5.41) is 0.445. The summed E-state index contributed by atoms with van der Waals surface area (Å²) in [6, 6.07) is 10.1. The molecule has 0 saturated heterocycles. The number of pyridine rings is 1. The average Bonchev–Trinajstić information content (AvgIpc) is 2.31. The monoisotopic (exact) mass is 247 g/mol. The Morgan fingerprint density at radius 2 is 1.88 bits per heavy atom. The molecule has 1 heterocycles. The number of nitrogens with zero attached hydrogens (tertiary/aromatic N) is 1. The lowest BCUT2D eigenvalue weighted by molar-refractivity contribution is 0.398. The molecular formula is C14H14ClNO. The van der Waals surface area contributed by atoms with Crippen LogP contribution in [0.4, 0.5) is 0 Å². The summed E-state index contributed by atoms with van der Waals surface area (Å²) in [5.74, 6) is 0.536. The van der Waals surface area contributed by atoms with Crippen LogP contribution in [-0.2, 0) is 0 Å². The van der Waals surface area contributed by atoms with Crippen molar-refractivity contribution < 1.29 is 4.74 Å². The Morgan fingerprint density at radius 1 is 1.12 bits per heavy atom. The normalized spacial score (nSPS) is 10.4. The molecule has 3 heteroatoms. The summed E-state index contributed by atoms with van der Waals surface area (Å²) < 4.78 is 5.13. The average molecular weight is 248 g/mol. The maximum atomic E-state index is 5.98. The van der Waals surface area contributed by atoms with E-state index in [4.69, 9.17) is 16.3 Å². The smallest absolute Gasteiger partial charge is 0.214 e. The first-order chi connectivity index (χ1) is 8.10. The summed E-state index contributed by atoms with van der Waals surface area (Å²) in [4.78, 5) is 4.07. The van der Waals surface area contributed by atoms with Gasteiger partial charge in [-0.25, -0.2) is 4.98 Å². The van der Waals surface area contributed by atoms with Crippen LogP contribution >= 0.6 is 11.6 Å². The van der Waals surface area contributed by atoms with Crippen molar-refractivity contribution in [3.8, 4) is 17.0 Å². The van der Waals surface area contributed by atoms with E-state index in [0.717, 1.165) is 11.1 Å². The highest BCUT2D eigenvalue weighted by atomic mass is 35.5. The number of hydrogen-bond acceptors (Lipinski definition) is 2. The number of hydrogen-bond donors (Lipinski definition) is 0. The van der Waals surface area contributed by atoms with Gasteiger partial charge in [-0.1, -0.05) is 35.4 Å². The molecule has 2 aromatic rings. The molecular weight excluding hydrogens is 234 g/mol. The molecule has 0 unspecified atom stereocenters. The Labute approximate surface area is 106 Å². The summed E-state index contributed by atoms with van der Waals surface area (Å²) in [7, 11) is 1.59. The second-order valence-electron chi connectivity index (χ2n) is 4.04. The molecule has 0 N–H and O–H groups in total. The largest absolute Gasteiger partial charge is 0.481 e. The van der Waals surface area contributed by atoms with E-state index in [1.165, 1.54) is 11.1 Å². The van der Waals surface area contributed by atoms with Gasteiger partial charge in [0.1, 0.15) is 5.15 Å². The standard InChI is InChI=1S/C14H14ClNO/c1-9-4-5-10(2)12(6-9)11-7-13(15)16-14(8-11)17-3/h4-8H,1-3H3. The van der Waals surface area contributed by atoms with Gasteiger partial charge >= 0.3 is 0 Å². The molecule has 0 radical (unpaired) electrons. The van der Waals surface area contributed by atoms with Crippen LogP contribution in [0.2, 0.25) is 5.15 Å². The van der Waals surface area contributed by atoms with Crippen molar-refractivity contribution in [1.29, 1.82) is 0 Å². The minimum atomic E-state index is 0.445. The molecule has 0 fully saturated rings. The second kappa shape index (κ2) is 4.76. The molecule has 0 aliphatic rings. The Hall–Kier alpha value is -1.54. The maximum absolute atomic E-state index is 5.98. The van der Waals surface area contributed by atoms with Crippen LogP contribution in [0.1, 0.15) is 11.1 Å². The fourth-order valence-electron chi connectivity index (χ4n) is 1.78. The van der Waals surface area contributed by atoms with Crippen LogP contribution in [0.3, 0.4) is 0 Å². The number of methoxy groups -OCH3 is 1. The van der Waals surface area contributed by atoms with Gasteiger partial charge in [0, 0.05) is 6.07 Å². The lowest BCUT2D eigenvalue weighted by Crippen LogP contribution is -1.91. The van der Waals surface area contributed by atoms with Gasteiger partial charge < -0.3 is 4.74 Å². The van der Waals surface area contributed by atoms with Gasteiger partial charge in [-0.2, -0.15) is 0 Å². The molecule has 1 aromatic carbocycles. The summed E-state index contributed by atoms with van der Waals surface area (Å²) in [6.45, 7) is 4.15. The summed E-state index contributed by atoms with van der Waals surface area (Å²) >= 11 is 5.98. The molecule has 1 aromatic heterocycles. The molecule has 0 saturated carbocycles. The highest BCUT2D eigenvalue weighted by Crippen LogP contribution is 2.28. The van der Waals surface area contributed by atoms with E-state index in [-0.39, 0.29) is 0 Å². The van der Waals surface area contributed by atoms with Crippen LogP contribution in [0, 0.1) is 13.8 Å². The quantitative estimate of drug-likeness (QED) is 0.748. The fourth-order valence-corrected chi connectivity index (χ4v) is 1.98. The van der Waals surface area contributed by atoms with Crippen molar-refractivity contribution in [2.24, 2.45) is 0 Å². The Kier molecular flexibility index (Phi) is 3.34. The molecule has 0 spiro atoms. The first kappa shape index (κ1) is 11.9. The third kappa shape index (κ3) is 2.59. The van der Waals surface area contributed by atoms with E-state index in [1.807, 2.05) is 12.1 Å². The second-order valence-corrected chi connectivity index (χ2v) is 4.43. The van der Waals surface area contributed by atoms with E-state index >= 15 is 0 Å². The van der Waals surface area contributed by atoms with Gasteiger partial charge in [0.25, 0.3) is 0 Å². The Bertz CT molecular complexity index is 552. The van der Waals surface area contributed by atoms with E-state index in [0.29, 0.717) is 11.0 Å². The number of benzene rings is 1. The summed E-state index contributed by atoms with van der Waals surface area (Å²) in [5.41, 5.74) is 4.62. The number of rotatable bonds is 2. The van der Waals surface area contributed by atoms with E-state index in [9.17, 15) is 0 Å². The van der Waals surface area contributed by atoms with Gasteiger partial charge in [-0.3, -0.25) is 0 Å². The molecule has 88 valence electrons. The first-order valence-electron chi connectivity index (χ1n) is 5.39. The van der Waals surface area contributed by atoms with E-state index < -0.39 is 0 Å².